The molecule has 2 amide bonds. The molecule has 1 aliphatic carbocycles. The molecular formula is C37H45N7O4. The first kappa shape index (κ1) is 31.0. The fourth-order valence-corrected chi connectivity index (χ4v) is 8.33. The van der Waals surface area contributed by atoms with Crippen LogP contribution in [0.3, 0.4) is 0 Å². The number of fused-ring (bicyclic) bond motifs is 2. The standard InChI is InChI=1S/C37H45N7O4/c1-24(45)41-11-8-33-31(21-41)34(40-44(33)28-9-12-47-13-10-28)29-7-5-6-26-14-32(38-18-30(26)29)27-17-39-43(20-27)19-25-15-37(16-25)22-42(23-37)35(46)48-36(2,3)4/h5-7,14,17-18,20,25,28H,8-13,15-16,19,21-23H2,1-4H3. The van der Waals surface area contributed by atoms with Crippen molar-refractivity contribution >= 4 is 22.8 Å². The van der Waals surface area contributed by atoms with Crippen LogP contribution in [-0.2, 0) is 33.8 Å². The Labute approximate surface area is 281 Å². The maximum atomic E-state index is 12.4. The van der Waals surface area contributed by atoms with Crippen molar-refractivity contribution in [3.8, 4) is 22.5 Å². The van der Waals surface area contributed by atoms with Crippen LogP contribution in [0.25, 0.3) is 33.3 Å². The van der Waals surface area contributed by atoms with E-state index < -0.39 is 5.60 Å². The van der Waals surface area contributed by atoms with Crippen LogP contribution in [0.5, 0.6) is 0 Å². The molecule has 8 rings (SSSR count). The number of nitrogens with zero attached hydrogens (tertiary/aromatic N) is 7. The Bertz CT molecular complexity index is 1870. The number of rotatable bonds is 5. The summed E-state index contributed by atoms with van der Waals surface area (Å²) in [5, 5.41) is 12.1. The summed E-state index contributed by atoms with van der Waals surface area (Å²) < 4.78 is 15.5. The van der Waals surface area contributed by atoms with Gasteiger partial charge in [0.1, 0.15) is 5.60 Å². The minimum atomic E-state index is -0.463. The normalized spacial score (nSPS) is 19.7. The number of likely N-dealkylation sites (tertiary alicyclic amines) is 1. The van der Waals surface area contributed by atoms with Gasteiger partial charge >= 0.3 is 6.09 Å². The van der Waals surface area contributed by atoms with Crippen molar-refractivity contribution in [1.82, 2.24) is 34.3 Å². The van der Waals surface area contributed by atoms with Crippen LogP contribution in [0.2, 0.25) is 0 Å². The van der Waals surface area contributed by atoms with E-state index in [2.05, 4.69) is 40.2 Å². The van der Waals surface area contributed by atoms with Gasteiger partial charge in [0.05, 0.1) is 23.6 Å². The molecule has 3 fully saturated rings. The highest BCUT2D eigenvalue weighted by molar-refractivity contribution is 5.97. The first-order chi connectivity index (χ1) is 23.0. The Morgan fingerprint density at radius 2 is 1.88 bits per heavy atom. The van der Waals surface area contributed by atoms with Crippen LogP contribution in [-0.4, -0.2) is 84.8 Å². The average Bonchev–Trinajstić information content (AvgIpc) is 3.65. The second kappa shape index (κ2) is 11.7. The van der Waals surface area contributed by atoms with Crippen molar-refractivity contribution < 1.29 is 19.1 Å². The zero-order chi connectivity index (χ0) is 33.2. The molecule has 6 heterocycles. The molecule has 252 valence electrons. The second-order valence-corrected chi connectivity index (χ2v) is 15.4. The molecule has 0 bridgehead atoms. The van der Waals surface area contributed by atoms with Gasteiger partial charge in [0.2, 0.25) is 5.91 Å². The van der Waals surface area contributed by atoms with E-state index in [-0.39, 0.29) is 17.4 Å². The molecule has 2 saturated heterocycles. The number of hydrogen-bond donors (Lipinski definition) is 0. The molecular weight excluding hydrogens is 606 g/mol. The van der Waals surface area contributed by atoms with Gasteiger partial charge in [-0.1, -0.05) is 18.2 Å². The molecule has 0 unspecified atom stereocenters. The van der Waals surface area contributed by atoms with Gasteiger partial charge in [-0.2, -0.15) is 10.2 Å². The smallest absolute Gasteiger partial charge is 0.410 e. The molecule has 11 heteroatoms. The van der Waals surface area contributed by atoms with Crippen LogP contribution >= 0.6 is 0 Å². The molecule has 11 nitrogen and oxygen atoms in total. The third-order valence-electron chi connectivity index (χ3n) is 10.6. The zero-order valence-electron chi connectivity index (χ0n) is 28.4. The maximum Gasteiger partial charge on any atom is 0.410 e. The van der Waals surface area contributed by atoms with Gasteiger partial charge in [-0.15, -0.1) is 0 Å². The average molecular weight is 652 g/mol. The molecule has 3 aromatic heterocycles. The fourth-order valence-electron chi connectivity index (χ4n) is 8.33. The van der Waals surface area contributed by atoms with Crippen molar-refractivity contribution in [2.24, 2.45) is 11.3 Å². The molecule has 3 aliphatic heterocycles. The lowest BCUT2D eigenvalue weighted by atomic mass is 9.58. The van der Waals surface area contributed by atoms with Crippen LogP contribution in [0.15, 0.2) is 42.9 Å². The van der Waals surface area contributed by atoms with E-state index in [9.17, 15) is 9.59 Å². The first-order valence-corrected chi connectivity index (χ1v) is 17.4. The lowest BCUT2D eigenvalue weighted by Gasteiger charge is -2.58. The number of carbonyl (C=O) groups is 2. The van der Waals surface area contributed by atoms with Gasteiger partial charge in [0.15, 0.2) is 0 Å². The molecule has 1 aromatic carbocycles. The van der Waals surface area contributed by atoms with E-state index in [0.29, 0.717) is 18.5 Å². The van der Waals surface area contributed by atoms with Crippen LogP contribution in [0.4, 0.5) is 4.79 Å². The van der Waals surface area contributed by atoms with Gasteiger partial charge in [-0.25, -0.2) is 4.79 Å². The predicted octanol–water partition coefficient (Wildman–Crippen LogP) is 5.87. The SMILES string of the molecule is CC(=O)N1CCc2c(c(-c3cccc4cc(-c5cnn(CC6CC7(C6)CN(C(=O)OC(C)(C)C)C7)c5)ncc34)nn2C2CCOCC2)C1. The largest absolute Gasteiger partial charge is 0.444 e. The third-order valence-corrected chi connectivity index (χ3v) is 10.6. The van der Waals surface area contributed by atoms with Crippen LogP contribution in [0, 0.1) is 11.3 Å². The van der Waals surface area contributed by atoms with Gasteiger partial charge in [0, 0.05) is 105 Å². The highest BCUT2D eigenvalue weighted by Crippen LogP contribution is 2.52. The molecule has 1 spiro atoms. The van der Waals surface area contributed by atoms with Crippen LogP contribution in [0.1, 0.15) is 70.7 Å². The molecule has 0 N–H and O–H groups in total. The highest BCUT2D eigenvalue weighted by atomic mass is 16.6. The number of ether oxygens (including phenoxy) is 2. The van der Waals surface area contributed by atoms with Gasteiger partial charge < -0.3 is 19.3 Å². The predicted molar refractivity (Wildman–Crippen MR) is 181 cm³/mol. The van der Waals surface area contributed by atoms with Gasteiger partial charge in [-0.3, -0.25) is 19.1 Å². The molecule has 48 heavy (non-hydrogen) atoms. The number of pyridine rings is 1. The molecule has 4 aliphatic rings. The Hall–Kier alpha value is -4.25. The van der Waals surface area contributed by atoms with Crippen LogP contribution < -0.4 is 0 Å². The van der Waals surface area contributed by atoms with E-state index in [0.717, 1.165) is 110 Å². The van der Waals surface area contributed by atoms with E-state index in [1.54, 1.807) is 6.92 Å². The van der Waals surface area contributed by atoms with Gasteiger partial charge in [0.25, 0.3) is 0 Å². The summed E-state index contributed by atoms with van der Waals surface area (Å²) in [4.78, 5) is 33.4. The third kappa shape index (κ3) is 5.76. The van der Waals surface area contributed by atoms with Crippen molar-refractivity contribution in [2.75, 3.05) is 32.8 Å². The summed E-state index contributed by atoms with van der Waals surface area (Å²) in [6, 6.07) is 8.80. The summed E-state index contributed by atoms with van der Waals surface area (Å²) in [6.45, 7) is 12.6. The molecule has 4 aromatic rings. The van der Waals surface area contributed by atoms with Crippen molar-refractivity contribution in [3.05, 3.63) is 54.1 Å². The maximum absolute atomic E-state index is 12.4. The minimum Gasteiger partial charge on any atom is -0.444 e. The van der Waals surface area contributed by atoms with E-state index in [1.165, 1.54) is 5.69 Å². The van der Waals surface area contributed by atoms with Gasteiger partial charge in [-0.05, 0) is 63.8 Å². The number of hydrogen-bond acceptors (Lipinski definition) is 7. The number of benzene rings is 1. The number of amides is 2. The Morgan fingerprint density at radius 3 is 2.62 bits per heavy atom. The second-order valence-electron chi connectivity index (χ2n) is 15.4. The number of carbonyl (C=O) groups excluding carboxylic acids is 2. The highest BCUT2D eigenvalue weighted by Gasteiger charge is 2.54. The minimum absolute atomic E-state index is 0.0971. The zero-order valence-corrected chi connectivity index (χ0v) is 28.4. The summed E-state index contributed by atoms with van der Waals surface area (Å²) in [5.41, 5.74) is 6.07. The summed E-state index contributed by atoms with van der Waals surface area (Å²) in [5.74, 6) is 0.649. The Kier molecular flexibility index (Phi) is 7.58. The molecule has 0 radical (unpaired) electrons. The monoisotopic (exact) mass is 651 g/mol. The molecule has 0 atom stereocenters. The number of aromatic nitrogens is 5. The van der Waals surface area contributed by atoms with E-state index >= 15 is 0 Å². The van der Waals surface area contributed by atoms with Crippen molar-refractivity contribution in [1.29, 1.82) is 0 Å². The Balaban J connectivity index is 0.988. The quantitative estimate of drug-likeness (QED) is 0.266. The first-order valence-electron chi connectivity index (χ1n) is 17.4. The van der Waals surface area contributed by atoms with E-state index in [4.69, 9.17) is 19.6 Å². The fraction of sp³-hybridized carbons (Fsp3) is 0.541. The van der Waals surface area contributed by atoms with Crippen molar-refractivity contribution in [3.63, 3.8) is 0 Å². The summed E-state index contributed by atoms with van der Waals surface area (Å²) in [7, 11) is 0. The van der Waals surface area contributed by atoms with Crippen molar-refractivity contribution in [2.45, 2.75) is 84.5 Å². The summed E-state index contributed by atoms with van der Waals surface area (Å²) in [6.07, 6.45) is 10.7. The lowest BCUT2D eigenvalue weighted by Crippen LogP contribution is -2.64. The summed E-state index contributed by atoms with van der Waals surface area (Å²) >= 11 is 0. The molecule has 1 saturated carbocycles. The van der Waals surface area contributed by atoms with E-state index in [1.807, 2.05) is 47.6 Å². The Morgan fingerprint density at radius 1 is 1.08 bits per heavy atom. The topological polar surface area (TPSA) is 108 Å². The lowest BCUT2D eigenvalue weighted by molar-refractivity contribution is -0.129.